The van der Waals surface area contributed by atoms with Crippen LogP contribution in [0.4, 0.5) is 5.69 Å². The molecule has 0 bridgehead atoms. The first-order valence-corrected chi connectivity index (χ1v) is 3.82. The SMILES string of the molecule is COc1ncc(C#CC=O)cc1[N+](=O)[O-]. The van der Waals surface area contributed by atoms with Gasteiger partial charge in [0.15, 0.2) is 6.29 Å². The molecule has 1 aromatic rings. The van der Waals surface area contributed by atoms with Crippen molar-refractivity contribution in [2.24, 2.45) is 0 Å². The monoisotopic (exact) mass is 206 g/mol. The van der Waals surface area contributed by atoms with Gasteiger partial charge in [-0.05, 0) is 5.92 Å². The van der Waals surface area contributed by atoms with Crippen LogP contribution >= 0.6 is 0 Å². The Morgan fingerprint density at radius 1 is 1.67 bits per heavy atom. The Morgan fingerprint density at radius 3 is 2.93 bits per heavy atom. The van der Waals surface area contributed by atoms with Gasteiger partial charge in [-0.3, -0.25) is 14.9 Å². The molecule has 0 aliphatic carbocycles. The fourth-order valence-electron chi connectivity index (χ4n) is 0.910. The van der Waals surface area contributed by atoms with Crippen molar-refractivity contribution in [2.45, 2.75) is 0 Å². The van der Waals surface area contributed by atoms with Crippen molar-refractivity contribution >= 4 is 12.0 Å². The van der Waals surface area contributed by atoms with E-state index in [9.17, 15) is 14.9 Å². The van der Waals surface area contributed by atoms with Crippen molar-refractivity contribution < 1.29 is 14.5 Å². The fraction of sp³-hybridized carbons (Fsp3) is 0.111. The summed E-state index contributed by atoms with van der Waals surface area (Å²) in [6.45, 7) is 0. The number of rotatable bonds is 2. The Hall–Kier alpha value is -2.42. The number of carbonyl (C=O) groups excluding carboxylic acids is 1. The zero-order valence-corrected chi connectivity index (χ0v) is 7.76. The van der Waals surface area contributed by atoms with E-state index in [4.69, 9.17) is 4.74 Å². The molecule has 0 atom stereocenters. The normalized spacial score (nSPS) is 8.60. The van der Waals surface area contributed by atoms with E-state index in [0.717, 1.165) is 0 Å². The summed E-state index contributed by atoms with van der Waals surface area (Å²) in [5.74, 6) is 4.45. The molecule has 0 saturated heterocycles. The van der Waals surface area contributed by atoms with Gasteiger partial charge >= 0.3 is 5.69 Å². The van der Waals surface area contributed by atoms with Crippen molar-refractivity contribution in [1.82, 2.24) is 4.98 Å². The van der Waals surface area contributed by atoms with E-state index in [1.54, 1.807) is 0 Å². The van der Waals surface area contributed by atoms with E-state index < -0.39 is 4.92 Å². The van der Waals surface area contributed by atoms with Crippen molar-refractivity contribution in [3.05, 3.63) is 27.9 Å². The minimum absolute atomic E-state index is 0.0864. The molecule has 0 radical (unpaired) electrons. The maximum Gasteiger partial charge on any atom is 0.332 e. The van der Waals surface area contributed by atoms with Gasteiger partial charge in [0.05, 0.1) is 17.6 Å². The van der Waals surface area contributed by atoms with Gasteiger partial charge in [-0.25, -0.2) is 4.98 Å². The van der Waals surface area contributed by atoms with Crippen LogP contribution < -0.4 is 4.74 Å². The highest BCUT2D eigenvalue weighted by atomic mass is 16.6. The highest BCUT2D eigenvalue weighted by Gasteiger charge is 2.16. The summed E-state index contributed by atoms with van der Waals surface area (Å²) in [5, 5.41) is 10.6. The van der Waals surface area contributed by atoms with Crippen LogP contribution in [0.5, 0.6) is 5.88 Å². The van der Waals surface area contributed by atoms with Crippen LogP contribution in [0.3, 0.4) is 0 Å². The molecule has 0 aromatic carbocycles. The molecule has 0 unspecified atom stereocenters. The number of carbonyl (C=O) groups is 1. The first kappa shape index (κ1) is 10.7. The van der Waals surface area contributed by atoms with Crippen LogP contribution in [0.1, 0.15) is 5.56 Å². The number of ether oxygens (including phenoxy) is 1. The van der Waals surface area contributed by atoms with Gasteiger partial charge < -0.3 is 4.74 Å². The Morgan fingerprint density at radius 2 is 2.40 bits per heavy atom. The van der Waals surface area contributed by atoms with Crippen molar-refractivity contribution in [2.75, 3.05) is 7.11 Å². The quantitative estimate of drug-likeness (QED) is 0.305. The van der Waals surface area contributed by atoms with E-state index in [-0.39, 0.29) is 17.1 Å². The Bertz CT molecular complexity index is 459. The van der Waals surface area contributed by atoms with Gasteiger partial charge in [0.25, 0.3) is 5.88 Å². The number of nitro groups is 1. The number of hydrogen-bond acceptors (Lipinski definition) is 5. The van der Waals surface area contributed by atoms with Crippen molar-refractivity contribution in [3.63, 3.8) is 0 Å². The molecular weight excluding hydrogens is 200 g/mol. The van der Waals surface area contributed by atoms with Crippen LogP contribution in [0.15, 0.2) is 12.3 Å². The summed E-state index contributed by atoms with van der Waals surface area (Å²) >= 11 is 0. The lowest BCUT2D eigenvalue weighted by atomic mass is 10.2. The summed E-state index contributed by atoms with van der Waals surface area (Å²) in [7, 11) is 1.28. The number of aldehydes is 1. The smallest absolute Gasteiger partial charge is 0.332 e. The summed E-state index contributed by atoms with van der Waals surface area (Å²) in [6, 6.07) is 1.20. The summed E-state index contributed by atoms with van der Waals surface area (Å²) in [6.07, 6.45) is 1.69. The van der Waals surface area contributed by atoms with E-state index >= 15 is 0 Å². The highest BCUT2D eigenvalue weighted by Crippen LogP contribution is 2.23. The first-order valence-electron chi connectivity index (χ1n) is 3.82. The van der Waals surface area contributed by atoms with Gasteiger partial charge in [-0.2, -0.15) is 0 Å². The van der Waals surface area contributed by atoms with Crippen LogP contribution in [0.2, 0.25) is 0 Å². The molecule has 1 rings (SSSR count). The van der Waals surface area contributed by atoms with Crippen LogP contribution in [-0.4, -0.2) is 23.3 Å². The molecule has 6 heteroatoms. The number of pyridine rings is 1. The minimum atomic E-state index is -0.627. The Kier molecular flexibility index (Phi) is 3.35. The predicted octanol–water partition coefficient (Wildman–Crippen LogP) is 0.549. The van der Waals surface area contributed by atoms with Gasteiger partial charge in [0.1, 0.15) is 0 Å². The topological polar surface area (TPSA) is 82.3 Å². The third-order valence-electron chi connectivity index (χ3n) is 1.50. The molecule has 76 valence electrons. The lowest BCUT2D eigenvalue weighted by Gasteiger charge is -1.99. The molecule has 0 aliphatic heterocycles. The molecule has 15 heavy (non-hydrogen) atoms. The molecule has 0 spiro atoms. The molecular formula is C9H6N2O4. The molecule has 0 amide bonds. The second kappa shape index (κ2) is 4.72. The molecule has 0 aliphatic rings. The standard InChI is InChI=1S/C9H6N2O4/c1-15-9-8(11(13)14)5-7(6-10-9)3-2-4-12/h4-6H,1H3. The third-order valence-corrected chi connectivity index (χ3v) is 1.50. The molecule has 0 saturated carbocycles. The van der Waals surface area contributed by atoms with E-state index in [0.29, 0.717) is 6.29 Å². The van der Waals surface area contributed by atoms with Crippen molar-refractivity contribution in [1.29, 1.82) is 0 Å². The largest absolute Gasteiger partial charge is 0.476 e. The zero-order chi connectivity index (χ0) is 11.3. The number of aromatic nitrogens is 1. The summed E-state index contributed by atoms with van der Waals surface area (Å²) in [5.41, 5.74) is 0.00444. The van der Waals surface area contributed by atoms with Crippen LogP contribution in [-0.2, 0) is 4.79 Å². The molecule has 6 nitrogen and oxygen atoms in total. The number of hydrogen-bond donors (Lipinski definition) is 0. The van der Waals surface area contributed by atoms with Gasteiger partial charge in [-0.15, -0.1) is 0 Å². The number of methoxy groups -OCH3 is 1. The minimum Gasteiger partial charge on any atom is -0.476 e. The first-order chi connectivity index (χ1) is 7.19. The Labute approximate surface area is 85.0 Å². The fourth-order valence-corrected chi connectivity index (χ4v) is 0.910. The van der Waals surface area contributed by atoms with E-state index in [1.165, 1.54) is 19.4 Å². The lowest BCUT2D eigenvalue weighted by molar-refractivity contribution is -0.386. The summed E-state index contributed by atoms with van der Waals surface area (Å²) < 4.78 is 4.70. The molecule has 1 heterocycles. The molecule has 0 N–H and O–H groups in total. The average Bonchev–Trinajstić information content (AvgIpc) is 2.25. The van der Waals surface area contributed by atoms with E-state index in [1.807, 2.05) is 0 Å². The highest BCUT2D eigenvalue weighted by molar-refractivity contribution is 5.74. The number of nitrogens with zero attached hydrogens (tertiary/aromatic N) is 2. The second-order valence-corrected chi connectivity index (χ2v) is 2.40. The van der Waals surface area contributed by atoms with Gasteiger partial charge in [0.2, 0.25) is 0 Å². The maximum atomic E-state index is 10.6. The molecule has 1 aromatic heterocycles. The third kappa shape index (κ3) is 2.51. The van der Waals surface area contributed by atoms with E-state index in [2.05, 4.69) is 16.8 Å². The Balaban J connectivity index is 3.21. The predicted molar refractivity (Wildman–Crippen MR) is 50.4 cm³/mol. The average molecular weight is 206 g/mol. The van der Waals surface area contributed by atoms with Crippen LogP contribution in [0.25, 0.3) is 0 Å². The zero-order valence-electron chi connectivity index (χ0n) is 7.76. The van der Waals surface area contributed by atoms with Gasteiger partial charge in [0, 0.05) is 12.3 Å². The maximum absolute atomic E-state index is 10.6. The second-order valence-electron chi connectivity index (χ2n) is 2.40. The van der Waals surface area contributed by atoms with Gasteiger partial charge in [-0.1, -0.05) is 5.92 Å². The van der Waals surface area contributed by atoms with Crippen molar-refractivity contribution in [3.8, 4) is 17.7 Å². The molecule has 0 fully saturated rings. The summed E-state index contributed by atoms with van der Waals surface area (Å²) in [4.78, 5) is 23.6. The lowest BCUT2D eigenvalue weighted by Crippen LogP contribution is -1.96. The van der Waals surface area contributed by atoms with Crippen LogP contribution in [0, 0.1) is 22.0 Å².